The van der Waals surface area contributed by atoms with Gasteiger partial charge in [-0.2, -0.15) is 0 Å². The topological polar surface area (TPSA) is 117 Å². The van der Waals surface area contributed by atoms with Crippen LogP contribution in [0.3, 0.4) is 0 Å². The van der Waals surface area contributed by atoms with Crippen molar-refractivity contribution in [2.75, 3.05) is 20.2 Å². The first-order valence-corrected chi connectivity index (χ1v) is 18.6. The van der Waals surface area contributed by atoms with Crippen LogP contribution >= 0.6 is 15.9 Å². The lowest BCUT2D eigenvalue weighted by Crippen LogP contribution is -2.59. The Morgan fingerprint density at radius 3 is 2.31 bits per heavy atom. The molecule has 10 nitrogen and oxygen atoms in total. The number of allylic oxidation sites excluding steroid dienone is 1. The Balaban J connectivity index is 1.53. The molecule has 11 heteroatoms. The van der Waals surface area contributed by atoms with Crippen molar-refractivity contribution in [3.05, 3.63) is 97.1 Å². The molecule has 1 unspecified atom stereocenters. The summed E-state index contributed by atoms with van der Waals surface area (Å²) in [5, 5.41) is 10.7. The zero-order valence-electron chi connectivity index (χ0n) is 29.9. The van der Waals surface area contributed by atoms with Crippen molar-refractivity contribution in [3.63, 3.8) is 0 Å². The second-order valence-electron chi connectivity index (χ2n) is 14.2. The number of aliphatic hydroxyl groups excluding tert-OH is 1. The molecule has 5 rings (SSSR count). The molecule has 3 aliphatic rings. The average Bonchev–Trinajstić information content (AvgIpc) is 3.72. The summed E-state index contributed by atoms with van der Waals surface area (Å²) in [5.74, 6) is -3.76. The fraction of sp³-hybridized carbons (Fsp3) is 0.500. The number of benzene rings is 2. The first kappa shape index (κ1) is 38.4. The summed E-state index contributed by atoms with van der Waals surface area (Å²) < 4.78 is 13.1. The number of aliphatic hydroxyl groups is 1. The van der Waals surface area contributed by atoms with Crippen molar-refractivity contribution in [1.82, 2.24) is 14.7 Å². The van der Waals surface area contributed by atoms with Gasteiger partial charge in [0.1, 0.15) is 17.7 Å². The molecule has 3 amide bonds. The number of likely N-dealkylation sites (N-methyl/N-ethyl adjacent to an activating group) is 1. The quantitative estimate of drug-likeness (QED) is 0.144. The van der Waals surface area contributed by atoms with E-state index >= 15 is 0 Å². The zero-order chi connectivity index (χ0) is 37.0. The van der Waals surface area contributed by atoms with E-state index < -0.39 is 59.6 Å². The number of fused-ring (bicyclic) bond motifs is 1. The summed E-state index contributed by atoms with van der Waals surface area (Å²) in [6, 6.07) is 16.4. The van der Waals surface area contributed by atoms with Crippen LogP contribution in [0, 0.1) is 17.8 Å². The summed E-state index contributed by atoms with van der Waals surface area (Å²) in [5.41, 5.74) is 0.260. The fourth-order valence-electron chi connectivity index (χ4n) is 8.08. The number of nitrogens with zero attached hydrogens (tertiary/aromatic N) is 3. The minimum Gasteiger partial charge on any atom is -0.455 e. The maximum absolute atomic E-state index is 14.9. The molecular weight excluding hydrogens is 714 g/mol. The number of rotatable bonds is 16. The Morgan fingerprint density at radius 2 is 1.73 bits per heavy atom. The highest BCUT2D eigenvalue weighted by Gasteiger charge is 2.77. The van der Waals surface area contributed by atoms with E-state index in [1.165, 1.54) is 4.90 Å². The van der Waals surface area contributed by atoms with Crippen LogP contribution in [0.1, 0.15) is 57.3 Å². The van der Waals surface area contributed by atoms with Gasteiger partial charge in [-0.25, -0.2) is 0 Å². The minimum atomic E-state index is -1.35. The van der Waals surface area contributed by atoms with Crippen molar-refractivity contribution in [2.24, 2.45) is 17.8 Å². The van der Waals surface area contributed by atoms with E-state index in [1.54, 1.807) is 29.0 Å². The highest BCUT2D eigenvalue weighted by atomic mass is 79.9. The Labute approximate surface area is 309 Å². The Hall–Kier alpha value is -3.80. The number of halogens is 1. The first-order chi connectivity index (χ1) is 24.4. The van der Waals surface area contributed by atoms with E-state index in [0.29, 0.717) is 18.4 Å². The molecule has 0 radical (unpaired) electrons. The van der Waals surface area contributed by atoms with Gasteiger partial charge in [0, 0.05) is 31.4 Å². The van der Waals surface area contributed by atoms with Gasteiger partial charge in [0.25, 0.3) is 0 Å². The van der Waals surface area contributed by atoms with Gasteiger partial charge in [-0.3, -0.25) is 19.2 Å². The molecule has 2 bridgehead atoms. The monoisotopic (exact) mass is 763 g/mol. The number of carbonyl (C=O) groups is 4. The predicted molar refractivity (Wildman–Crippen MR) is 197 cm³/mol. The normalized spacial score (nSPS) is 26.7. The summed E-state index contributed by atoms with van der Waals surface area (Å²) in [6.45, 7) is 13.3. The molecule has 3 heterocycles. The van der Waals surface area contributed by atoms with Crippen molar-refractivity contribution >= 4 is 39.6 Å². The number of esters is 1. The molecular formula is C40H50BrN3O7. The second-order valence-corrected chi connectivity index (χ2v) is 15.4. The van der Waals surface area contributed by atoms with E-state index in [4.69, 9.17) is 9.47 Å². The summed E-state index contributed by atoms with van der Waals surface area (Å²) >= 11 is 3.75. The van der Waals surface area contributed by atoms with Crippen LogP contribution in [0.15, 0.2) is 86.0 Å². The van der Waals surface area contributed by atoms with Gasteiger partial charge < -0.3 is 29.3 Å². The minimum absolute atomic E-state index is 0.117. The average molecular weight is 765 g/mol. The number of amides is 3. The van der Waals surface area contributed by atoms with E-state index in [1.807, 2.05) is 81.4 Å². The molecule has 51 heavy (non-hydrogen) atoms. The van der Waals surface area contributed by atoms with E-state index in [-0.39, 0.29) is 48.7 Å². The highest BCUT2D eigenvalue weighted by Crippen LogP contribution is 2.61. The summed E-state index contributed by atoms with van der Waals surface area (Å²) in [7, 11) is 1.68. The molecule has 2 aromatic rings. The van der Waals surface area contributed by atoms with Crippen LogP contribution in [0.2, 0.25) is 0 Å². The summed E-state index contributed by atoms with van der Waals surface area (Å²) in [4.78, 5) is 61.7. The molecule has 9 atom stereocenters. The van der Waals surface area contributed by atoms with Gasteiger partial charge in [-0.05, 0) is 36.8 Å². The largest absolute Gasteiger partial charge is 0.455 e. The lowest BCUT2D eigenvalue weighted by atomic mass is 9.70. The molecule has 0 aliphatic carbocycles. The Kier molecular flexibility index (Phi) is 12.2. The van der Waals surface area contributed by atoms with E-state index in [0.717, 1.165) is 5.56 Å². The third-order valence-electron chi connectivity index (χ3n) is 10.8. The molecule has 3 aliphatic heterocycles. The molecule has 1 spiro atoms. The SMILES string of the molecule is C=CCCC(=O)N(C)[C@H](C)[C@H](OC(=O)[C@H]1[C@@H]2O[C@@]3(CC2Br)[C@@H]1C(=O)N([C@@H](CO)C(C)C)[C@@H]3C(=O)N(CC=C)Cc1ccccc1)c1ccccc1. The van der Waals surface area contributed by atoms with Crippen molar-refractivity contribution < 1.29 is 33.8 Å². The smallest absolute Gasteiger partial charge is 0.313 e. The third-order valence-corrected chi connectivity index (χ3v) is 11.6. The van der Waals surface area contributed by atoms with E-state index in [2.05, 4.69) is 29.1 Å². The van der Waals surface area contributed by atoms with Crippen LogP contribution in [0.5, 0.6) is 0 Å². The van der Waals surface area contributed by atoms with Crippen molar-refractivity contribution in [1.29, 1.82) is 0 Å². The van der Waals surface area contributed by atoms with Crippen LogP contribution in [-0.2, 0) is 35.2 Å². The second kappa shape index (κ2) is 16.3. The fourth-order valence-corrected chi connectivity index (χ4v) is 9.02. The van der Waals surface area contributed by atoms with Crippen molar-refractivity contribution in [3.8, 4) is 0 Å². The first-order valence-electron chi connectivity index (χ1n) is 17.7. The molecule has 0 saturated carbocycles. The number of alkyl halides is 1. The van der Waals surface area contributed by atoms with Crippen molar-refractivity contribution in [2.45, 2.75) is 87.3 Å². The number of carbonyl (C=O) groups excluding carboxylic acids is 4. The molecule has 274 valence electrons. The van der Waals surface area contributed by atoms with Gasteiger partial charge in [0.15, 0.2) is 0 Å². The van der Waals surface area contributed by atoms with Gasteiger partial charge >= 0.3 is 5.97 Å². The maximum Gasteiger partial charge on any atom is 0.313 e. The van der Waals surface area contributed by atoms with Gasteiger partial charge in [-0.1, -0.05) is 103 Å². The predicted octanol–water partition coefficient (Wildman–Crippen LogP) is 5.06. The van der Waals surface area contributed by atoms with Crippen LogP contribution in [0.25, 0.3) is 0 Å². The van der Waals surface area contributed by atoms with Crippen LogP contribution in [0.4, 0.5) is 0 Å². The third kappa shape index (κ3) is 7.30. The Bertz CT molecular complexity index is 1590. The highest BCUT2D eigenvalue weighted by molar-refractivity contribution is 9.09. The number of ether oxygens (including phenoxy) is 2. The standard InChI is InChI=1S/C40H50BrN3O7/c1-7-9-20-31(46)42(6)26(5)34(28-18-14-11-15-19-28)50-39(49)32-33-37(47)44(30(24-45)25(3)4)36(40(33)22-29(41)35(32)51-40)38(48)43(21-8-2)23-27-16-12-10-13-17-27/h7-8,10-19,25-26,29-30,32-36,45H,1-2,9,20-24H2,3-6H3/t26-,29?,30+,32-,33+,34+,35-,36-,40+/m1/s1. The number of likely N-dealkylation sites (tertiary alicyclic amines) is 1. The molecule has 1 N–H and O–H groups in total. The van der Waals surface area contributed by atoms with E-state index in [9.17, 15) is 24.3 Å². The Morgan fingerprint density at radius 1 is 1.08 bits per heavy atom. The zero-order valence-corrected chi connectivity index (χ0v) is 31.5. The maximum atomic E-state index is 14.9. The number of hydrogen-bond acceptors (Lipinski definition) is 7. The molecule has 0 aromatic heterocycles. The van der Waals surface area contributed by atoms with Gasteiger partial charge in [0.05, 0.1) is 36.6 Å². The van der Waals surface area contributed by atoms with Crippen LogP contribution < -0.4 is 0 Å². The molecule has 3 saturated heterocycles. The lowest BCUT2D eigenvalue weighted by molar-refractivity contribution is -0.165. The van der Waals surface area contributed by atoms with Gasteiger partial charge in [-0.15, -0.1) is 13.2 Å². The van der Waals surface area contributed by atoms with Crippen LogP contribution in [-0.4, -0.2) is 98.4 Å². The lowest BCUT2D eigenvalue weighted by Gasteiger charge is -2.40. The van der Waals surface area contributed by atoms with Gasteiger partial charge in [0.2, 0.25) is 17.7 Å². The summed E-state index contributed by atoms with van der Waals surface area (Å²) in [6.07, 6.45) is 2.84. The molecule has 2 aromatic carbocycles. The number of hydrogen-bond donors (Lipinski definition) is 1. The molecule has 3 fully saturated rings.